The molecule has 1 aliphatic heterocycles. The first kappa shape index (κ1) is 12.6. The highest BCUT2D eigenvalue weighted by Crippen LogP contribution is 2.50. The quantitative estimate of drug-likeness (QED) is 0.821. The first-order chi connectivity index (χ1) is 9.21. The van der Waals surface area contributed by atoms with E-state index in [1.807, 2.05) is 0 Å². The third-order valence-electron chi connectivity index (χ3n) is 4.80. The van der Waals surface area contributed by atoms with Gasteiger partial charge in [-0.1, -0.05) is 25.5 Å². The third-order valence-corrected chi connectivity index (χ3v) is 4.80. The van der Waals surface area contributed by atoms with Gasteiger partial charge in [0.25, 0.3) is 0 Å². The topological polar surface area (TPSA) is 12.5 Å². The molecule has 2 nitrogen and oxygen atoms in total. The Hall–Kier alpha value is -1.44. The second-order valence-corrected chi connectivity index (χ2v) is 5.82. The van der Waals surface area contributed by atoms with Crippen LogP contribution >= 0.6 is 0 Å². The van der Waals surface area contributed by atoms with E-state index in [4.69, 9.17) is 4.74 Å². The summed E-state index contributed by atoms with van der Waals surface area (Å²) in [5.74, 6) is 0.991. The van der Waals surface area contributed by atoms with E-state index in [1.165, 1.54) is 42.6 Å². The van der Waals surface area contributed by atoms with Crippen molar-refractivity contribution >= 4 is 0 Å². The molecule has 2 aliphatic rings. The van der Waals surface area contributed by atoms with Crippen LogP contribution in [0.2, 0.25) is 0 Å². The Kier molecular flexibility index (Phi) is 3.04. The highest BCUT2D eigenvalue weighted by atomic mass is 16.5. The van der Waals surface area contributed by atoms with Crippen LogP contribution in [0.3, 0.4) is 0 Å². The molecule has 0 amide bonds. The average Bonchev–Trinajstić information content (AvgIpc) is 2.77. The molecule has 0 spiro atoms. The van der Waals surface area contributed by atoms with Gasteiger partial charge in [-0.3, -0.25) is 0 Å². The molecular formula is C17H23NO. The van der Waals surface area contributed by atoms with Gasteiger partial charge in [-0.2, -0.15) is 0 Å². The Morgan fingerprint density at radius 2 is 2.21 bits per heavy atom. The maximum Gasteiger partial charge on any atom is 0.119 e. The van der Waals surface area contributed by atoms with E-state index in [2.05, 4.69) is 43.1 Å². The van der Waals surface area contributed by atoms with Gasteiger partial charge in [-0.15, -0.1) is 0 Å². The molecule has 1 aromatic carbocycles. The van der Waals surface area contributed by atoms with Crippen molar-refractivity contribution in [1.29, 1.82) is 0 Å². The molecule has 0 unspecified atom stereocenters. The maximum absolute atomic E-state index is 5.45. The van der Waals surface area contributed by atoms with Crippen LogP contribution in [0.25, 0.3) is 0 Å². The number of ether oxygens (including phenoxy) is 1. The fraction of sp³-hybridized carbons (Fsp3) is 0.529. The number of allylic oxidation sites excluding steroid dienone is 2. The summed E-state index contributed by atoms with van der Waals surface area (Å²) in [4.78, 5) is 2.44. The monoisotopic (exact) mass is 257 g/mol. The van der Waals surface area contributed by atoms with Crippen molar-refractivity contribution in [3.8, 4) is 5.75 Å². The largest absolute Gasteiger partial charge is 0.497 e. The number of likely N-dealkylation sites (tertiary alicyclic amines) is 1. The van der Waals surface area contributed by atoms with Crippen molar-refractivity contribution in [1.82, 2.24) is 4.90 Å². The van der Waals surface area contributed by atoms with Gasteiger partial charge in [0.05, 0.1) is 7.11 Å². The minimum atomic E-state index is 0.242. The molecule has 0 bridgehead atoms. The fourth-order valence-corrected chi connectivity index (χ4v) is 3.92. The van der Waals surface area contributed by atoms with Crippen LogP contribution < -0.4 is 4.74 Å². The second kappa shape index (κ2) is 4.59. The summed E-state index contributed by atoms with van der Waals surface area (Å²) in [5, 5.41) is 0. The summed E-state index contributed by atoms with van der Waals surface area (Å²) in [6, 6.07) is 6.62. The molecule has 0 saturated carbocycles. The van der Waals surface area contributed by atoms with Crippen molar-refractivity contribution in [2.75, 3.05) is 20.7 Å². The number of rotatable bonds is 3. The number of hydrogen-bond donors (Lipinski definition) is 0. The van der Waals surface area contributed by atoms with E-state index in [9.17, 15) is 0 Å². The number of likely N-dealkylation sites (N-methyl/N-ethyl adjacent to an activating group) is 1. The normalized spacial score (nSPS) is 24.8. The number of benzene rings is 1. The van der Waals surface area contributed by atoms with Crippen LogP contribution in [0, 0.1) is 0 Å². The predicted molar refractivity (Wildman–Crippen MR) is 78.6 cm³/mol. The lowest BCUT2D eigenvalue weighted by Crippen LogP contribution is -2.31. The molecule has 1 atom stereocenters. The molecule has 3 rings (SSSR count). The molecule has 102 valence electrons. The second-order valence-electron chi connectivity index (χ2n) is 5.82. The van der Waals surface area contributed by atoms with Crippen LogP contribution in [0.5, 0.6) is 5.75 Å². The van der Waals surface area contributed by atoms with E-state index in [0.29, 0.717) is 0 Å². The Morgan fingerprint density at radius 3 is 2.95 bits per heavy atom. The zero-order chi connectivity index (χ0) is 13.5. The lowest BCUT2D eigenvalue weighted by Gasteiger charge is -2.37. The van der Waals surface area contributed by atoms with Crippen molar-refractivity contribution in [2.45, 2.75) is 38.0 Å². The SMILES string of the molecule is CCC[C@]12CCN(C)C1=CCc1ccc(OC)cc12. The van der Waals surface area contributed by atoms with Crippen molar-refractivity contribution < 1.29 is 4.74 Å². The van der Waals surface area contributed by atoms with Gasteiger partial charge in [-0.25, -0.2) is 0 Å². The molecule has 0 N–H and O–H groups in total. The van der Waals surface area contributed by atoms with Crippen molar-refractivity contribution in [2.24, 2.45) is 0 Å². The number of nitrogens with zero attached hydrogens (tertiary/aromatic N) is 1. The molecule has 19 heavy (non-hydrogen) atoms. The summed E-state index contributed by atoms with van der Waals surface area (Å²) < 4.78 is 5.45. The van der Waals surface area contributed by atoms with Crippen LogP contribution in [-0.2, 0) is 11.8 Å². The summed E-state index contributed by atoms with van der Waals surface area (Å²) in [7, 11) is 3.99. The van der Waals surface area contributed by atoms with E-state index >= 15 is 0 Å². The number of fused-ring (bicyclic) bond motifs is 3. The van der Waals surface area contributed by atoms with E-state index in [-0.39, 0.29) is 5.41 Å². The van der Waals surface area contributed by atoms with Gasteiger partial charge < -0.3 is 9.64 Å². The molecular weight excluding hydrogens is 234 g/mol. The molecule has 2 heteroatoms. The highest BCUT2D eigenvalue weighted by molar-refractivity contribution is 5.51. The van der Waals surface area contributed by atoms with Gasteiger partial charge >= 0.3 is 0 Å². The Labute approximate surface area is 116 Å². The molecule has 1 saturated heterocycles. The lowest BCUT2D eigenvalue weighted by molar-refractivity contribution is 0.404. The summed E-state index contributed by atoms with van der Waals surface area (Å²) in [6.07, 6.45) is 7.20. The van der Waals surface area contributed by atoms with Crippen LogP contribution in [0.15, 0.2) is 30.0 Å². The van der Waals surface area contributed by atoms with Crippen molar-refractivity contribution in [3.63, 3.8) is 0 Å². The Bertz CT molecular complexity index is 516. The van der Waals surface area contributed by atoms with Crippen LogP contribution in [-0.4, -0.2) is 25.6 Å². The van der Waals surface area contributed by atoms with Gasteiger partial charge in [0, 0.05) is 24.7 Å². The van der Waals surface area contributed by atoms with Crippen LogP contribution in [0.1, 0.15) is 37.3 Å². The summed E-state index contributed by atoms with van der Waals surface area (Å²) in [5.41, 5.74) is 4.77. The first-order valence-corrected chi connectivity index (χ1v) is 7.30. The fourth-order valence-electron chi connectivity index (χ4n) is 3.92. The highest BCUT2D eigenvalue weighted by Gasteiger charge is 2.44. The minimum Gasteiger partial charge on any atom is -0.497 e. The molecule has 1 aromatic rings. The predicted octanol–water partition coefficient (Wildman–Crippen LogP) is 3.51. The van der Waals surface area contributed by atoms with Gasteiger partial charge in [0.1, 0.15) is 5.75 Å². The van der Waals surface area contributed by atoms with E-state index in [0.717, 1.165) is 12.2 Å². The van der Waals surface area contributed by atoms with E-state index in [1.54, 1.807) is 7.11 Å². The van der Waals surface area contributed by atoms with Crippen LogP contribution in [0.4, 0.5) is 0 Å². The average molecular weight is 257 g/mol. The molecule has 1 heterocycles. The molecule has 0 radical (unpaired) electrons. The van der Waals surface area contributed by atoms with Crippen molar-refractivity contribution in [3.05, 3.63) is 41.1 Å². The Balaban J connectivity index is 2.15. The zero-order valence-corrected chi connectivity index (χ0v) is 12.2. The summed E-state index contributed by atoms with van der Waals surface area (Å²) in [6.45, 7) is 3.46. The maximum atomic E-state index is 5.45. The molecule has 1 aliphatic carbocycles. The number of hydrogen-bond acceptors (Lipinski definition) is 2. The first-order valence-electron chi connectivity index (χ1n) is 7.30. The lowest BCUT2D eigenvalue weighted by atomic mass is 9.69. The Morgan fingerprint density at radius 1 is 1.37 bits per heavy atom. The minimum absolute atomic E-state index is 0.242. The standard InChI is InChI=1S/C17H23NO/c1-4-9-17-10-11-18(2)16(17)8-6-13-5-7-14(19-3)12-15(13)17/h5,7-8,12H,4,6,9-11H2,1-3H3/t17-/m1/s1. The van der Waals surface area contributed by atoms with Gasteiger partial charge in [0.15, 0.2) is 0 Å². The third kappa shape index (κ3) is 1.77. The zero-order valence-electron chi connectivity index (χ0n) is 12.2. The van der Waals surface area contributed by atoms with E-state index < -0.39 is 0 Å². The van der Waals surface area contributed by atoms with Gasteiger partial charge in [-0.05, 0) is 42.5 Å². The number of methoxy groups -OCH3 is 1. The summed E-state index contributed by atoms with van der Waals surface area (Å²) >= 11 is 0. The van der Waals surface area contributed by atoms with Gasteiger partial charge in [0.2, 0.25) is 0 Å². The molecule has 1 fully saturated rings. The smallest absolute Gasteiger partial charge is 0.119 e. The molecule has 0 aromatic heterocycles.